The van der Waals surface area contributed by atoms with E-state index in [1.165, 1.54) is 16.4 Å². The summed E-state index contributed by atoms with van der Waals surface area (Å²) in [7, 11) is -6.80. The summed E-state index contributed by atoms with van der Waals surface area (Å²) in [4.78, 5) is 12.5. The van der Waals surface area contributed by atoms with Gasteiger partial charge in [-0.25, -0.2) is 16.8 Å². The van der Waals surface area contributed by atoms with Crippen LogP contribution in [0.2, 0.25) is 5.02 Å². The Kier molecular flexibility index (Phi) is 7.90. The molecule has 0 aliphatic heterocycles. The van der Waals surface area contributed by atoms with Gasteiger partial charge in [0, 0.05) is 24.2 Å². The van der Waals surface area contributed by atoms with Crippen molar-refractivity contribution in [2.75, 3.05) is 23.4 Å². The van der Waals surface area contributed by atoms with Crippen LogP contribution in [-0.4, -0.2) is 41.8 Å². The maximum Gasteiger partial charge on any atom is 0.232 e. The SMILES string of the molecule is C[C@@H](NC(=O)CCCN(c1cccc(Cl)c1)S(C)(=O)=O)c1ccc(S(C)(=O)=O)cc1. The van der Waals surface area contributed by atoms with E-state index in [9.17, 15) is 21.6 Å². The first kappa shape index (κ1) is 24.2. The zero-order valence-corrected chi connectivity index (χ0v) is 19.4. The van der Waals surface area contributed by atoms with Crippen molar-refractivity contribution in [3.05, 3.63) is 59.1 Å². The molecule has 164 valence electrons. The molecule has 0 unspecified atom stereocenters. The van der Waals surface area contributed by atoms with Gasteiger partial charge in [-0.2, -0.15) is 0 Å². The molecule has 1 N–H and O–H groups in total. The molecular formula is C20H25ClN2O5S2. The summed E-state index contributed by atoms with van der Waals surface area (Å²) in [6.07, 6.45) is 2.70. The molecule has 0 saturated heterocycles. The molecule has 0 aromatic heterocycles. The first-order valence-electron chi connectivity index (χ1n) is 9.20. The summed E-state index contributed by atoms with van der Waals surface area (Å²) in [5.74, 6) is -0.228. The van der Waals surface area contributed by atoms with Gasteiger partial charge in [0.05, 0.1) is 22.9 Å². The first-order valence-corrected chi connectivity index (χ1v) is 13.3. The van der Waals surface area contributed by atoms with Gasteiger partial charge < -0.3 is 5.32 Å². The van der Waals surface area contributed by atoms with Gasteiger partial charge in [0.25, 0.3) is 0 Å². The van der Waals surface area contributed by atoms with Crippen molar-refractivity contribution in [3.8, 4) is 0 Å². The second kappa shape index (κ2) is 9.80. The highest BCUT2D eigenvalue weighted by Gasteiger charge is 2.18. The van der Waals surface area contributed by atoms with Crippen LogP contribution in [0.1, 0.15) is 31.4 Å². The minimum atomic E-state index is -3.52. The number of benzene rings is 2. The molecule has 10 heteroatoms. The Labute approximate surface area is 183 Å². The molecule has 0 saturated carbocycles. The minimum Gasteiger partial charge on any atom is -0.350 e. The van der Waals surface area contributed by atoms with Gasteiger partial charge >= 0.3 is 0 Å². The molecule has 30 heavy (non-hydrogen) atoms. The van der Waals surface area contributed by atoms with Crippen LogP contribution in [0.25, 0.3) is 0 Å². The fourth-order valence-electron chi connectivity index (χ4n) is 2.90. The largest absolute Gasteiger partial charge is 0.350 e. The fourth-order valence-corrected chi connectivity index (χ4v) is 4.67. The average molecular weight is 473 g/mol. The van der Waals surface area contributed by atoms with Gasteiger partial charge in [-0.1, -0.05) is 29.8 Å². The zero-order valence-electron chi connectivity index (χ0n) is 17.0. The molecule has 2 aromatic rings. The Bertz CT molecular complexity index is 1100. The molecule has 0 aliphatic carbocycles. The molecule has 2 rings (SSSR count). The average Bonchev–Trinajstić information content (AvgIpc) is 2.63. The molecule has 7 nitrogen and oxygen atoms in total. The van der Waals surface area contributed by atoms with Gasteiger partial charge in [-0.3, -0.25) is 9.10 Å². The number of carbonyl (C=O) groups excluding carboxylic acids is 1. The van der Waals surface area contributed by atoms with E-state index >= 15 is 0 Å². The molecule has 1 amide bonds. The lowest BCUT2D eigenvalue weighted by molar-refractivity contribution is -0.121. The highest BCUT2D eigenvalue weighted by Crippen LogP contribution is 2.22. The number of anilines is 1. The molecule has 0 fully saturated rings. The Morgan fingerprint density at radius 1 is 1.07 bits per heavy atom. The maximum atomic E-state index is 12.3. The van der Waals surface area contributed by atoms with E-state index in [4.69, 9.17) is 11.6 Å². The van der Waals surface area contributed by atoms with Crippen LogP contribution in [0.15, 0.2) is 53.4 Å². The van der Waals surface area contributed by atoms with Crippen LogP contribution in [0.5, 0.6) is 0 Å². The number of rotatable bonds is 9. The molecule has 0 radical (unpaired) electrons. The Morgan fingerprint density at radius 3 is 2.23 bits per heavy atom. The summed E-state index contributed by atoms with van der Waals surface area (Å²) in [6.45, 7) is 1.94. The van der Waals surface area contributed by atoms with E-state index in [2.05, 4.69) is 5.32 Å². The first-order chi connectivity index (χ1) is 13.9. The molecule has 0 bridgehead atoms. The molecule has 0 heterocycles. The summed E-state index contributed by atoms with van der Waals surface area (Å²) in [5, 5.41) is 3.26. The number of sulfonamides is 1. The van der Waals surface area contributed by atoms with E-state index in [1.54, 1.807) is 43.3 Å². The van der Waals surface area contributed by atoms with Crippen molar-refractivity contribution in [1.29, 1.82) is 0 Å². The minimum absolute atomic E-state index is 0.137. The van der Waals surface area contributed by atoms with E-state index in [-0.39, 0.29) is 29.8 Å². The second-order valence-electron chi connectivity index (χ2n) is 7.05. The van der Waals surface area contributed by atoms with Crippen LogP contribution >= 0.6 is 11.6 Å². The Hall–Kier alpha value is -2.10. The number of hydrogen-bond donors (Lipinski definition) is 1. The molecule has 2 aromatic carbocycles. The normalized spacial score (nSPS) is 12.9. The predicted octanol–water partition coefficient (Wildman–Crippen LogP) is 3.17. The van der Waals surface area contributed by atoms with E-state index in [0.29, 0.717) is 17.1 Å². The zero-order chi connectivity index (χ0) is 22.5. The van der Waals surface area contributed by atoms with Crippen molar-refractivity contribution < 1.29 is 21.6 Å². The number of nitrogens with one attached hydrogen (secondary N) is 1. The predicted molar refractivity (Wildman–Crippen MR) is 119 cm³/mol. The van der Waals surface area contributed by atoms with E-state index < -0.39 is 19.9 Å². The third-order valence-electron chi connectivity index (χ3n) is 4.45. The highest BCUT2D eigenvalue weighted by atomic mass is 35.5. The van der Waals surface area contributed by atoms with Crippen molar-refractivity contribution in [2.45, 2.75) is 30.7 Å². The third kappa shape index (κ3) is 7.00. The van der Waals surface area contributed by atoms with Crippen molar-refractivity contribution in [2.24, 2.45) is 0 Å². The molecular weight excluding hydrogens is 448 g/mol. The lowest BCUT2D eigenvalue weighted by Crippen LogP contribution is -2.32. The summed E-state index contributed by atoms with van der Waals surface area (Å²) in [6, 6.07) is 12.5. The van der Waals surface area contributed by atoms with Gasteiger partial charge in [-0.15, -0.1) is 0 Å². The van der Waals surface area contributed by atoms with E-state index in [0.717, 1.165) is 18.1 Å². The summed E-state index contributed by atoms with van der Waals surface area (Å²) < 4.78 is 48.5. The van der Waals surface area contributed by atoms with Crippen LogP contribution < -0.4 is 9.62 Å². The van der Waals surface area contributed by atoms with Gasteiger partial charge in [0.1, 0.15) is 0 Å². The quantitative estimate of drug-likeness (QED) is 0.604. The van der Waals surface area contributed by atoms with E-state index in [1.807, 2.05) is 0 Å². The van der Waals surface area contributed by atoms with Crippen LogP contribution in [0.3, 0.4) is 0 Å². The Morgan fingerprint density at radius 2 is 1.70 bits per heavy atom. The van der Waals surface area contributed by atoms with Crippen molar-refractivity contribution >= 4 is 43.1 Å². The molecule has 0 spiro atoms. The Balaban J connectivity index is 1.94. The summed E-state index contributed by atoms with van der Waals surface area (Å²) in [5.41, 5.74) is 1.22. The number of sulfone groups is 1. The number of halogens is 1. The fraction of sp³-hybridized carbons (Fsp3) is 0.350. The number of carbonyl (C=O) groups is 1. The lowest BCUT2D eigenvalue weighted by Gasteiger charge is -2.22. The monoisotopic (exact) mass is 472 g/mol. The topological polar surface area (TPSA) is 101 Å². The number of amides is 1. The molecule has 1 atom stereocenters. The standard InChI is InChI=1S/C20H25ClN2O5S2/c1-15(16-9-11-19(12-10-16)29(2,25)26)22-20(24)8-5-13-23(30(3,27)28)18-7-4-6-17(21)14-18/h4,6-7,9-12,14-15H,5,8,13H2,1-3H3,(H,22,24)/t15-/m1/s1. The van der Waals surface area contributed by atoms with Crippen LogP contribution in [0, 0.1) is 0 Å². The number of hydrogen-bond acceptors (Lipinski definition) is 5. The van der Waals surface area contributed by atoms with Gasteiger partial charge in [-0.05, 0) is 49.2 Å². The lowest BCUT2D eigenvalue weighted by atomic mass is 10.1. The van der Waals surface area contributed by atoms with Crippen molar-refractivity contribution in [1.82, 2.24) is 5.32 Å². The van der Waals surface area contributed by atoms with Crippen LogP contribution in [0.4, 0.5) is 5.69 Å². The smallest absolute Gasteiger partial charge is 0.232 e. The summed E-state index contributed by atoms with van der Waals surface area (Å²) >= 11 is 5.95. The highest BCUT2D eigenvalue weighted by molar-refractivity contribution is 7.92. The van der Waals surface area contributed by atoms with Gasteiger partial charge in [0.15, 0.2) is 9.84 Å². The maximum absolute atomic E-state index is 12.3. The van der Waals surface area contributed by atoms with Crippen molar-refractivity contribution in [3.63, 3.8) is 0 Å². The third-order valence-corrected chi connectivity index (χ3v) is 7.00. The van der Waals surface area contributed by atoms with Gasteiger partial charge in [0.2, 0.25) is 15.9 Å². The second-order valence-corrected chi connectivity index (χ2v) is 11.4. The number of nitrogens with zero attached hydrogens (tertiary/aromatic N) is 1. The molecule has 0 aliphatic rings. The van der Waals surface area contributed by atoms with Crippen LogP contribution in [-0.2, 0) is 24.7 Å².